The molecule has 1 atom stereocenters. The number of nitriles is 1. The van der Waals surface area contributed by atoms with Gasteiger partial charge in [-0.1, -0.05) is 77.8 Å². The second kappa shape index (κ2) is 9.95. The molecule has 0 saturated carbocycles. The smallest absolute Gasteiger partial charge is 0.262 e. The Morgan fingerprint density at radius 1 is 1.09 bits per heavy atom. The molecule has 0 bridgehead atoms. The molecule has 164 valence electrons. The first-order chi connectivity index (χ1) is 16.0. The first-order valence-corrected chi connectivity index (χ1v) is 11.2. The van der Waals surface area contributed by atoms with E-state index >= 15 is 0 Å². The van der Waals surface area contributed by atoms with Gasteiger partial charge in [-0.3, -0.25) is 4.79 Å². The third-order valence-electron chi connectivity index (χ3n) is 5.49. The van der Waals surface area contributed by atoms with Crippen LogP contribution in [-0.2, 0) is 11.3 Å². The van der Waals surface area contributed by atoms with Crippen molar-refractivity contribution in [2.45, 2.75) is 19.5 Å². The van der Waals surface area contributed by atoms with Crippen LogP contribution in [0.25, 0.3) is 17.0 Å². The quantitative estimate of drug-likeness (QED) is 0.247. The number of rotatable bonds is 6. The maximum Gasteiger partial charge on any atom is 0.262 e. The fraction of sp³-hybridized carbons (Fsp3) is 0.111. The van der Waals surface area contributed by atoms with Gasteiger partial charge in [0.1, 0.15) is 11.6 Å². The van der Waals surface area contributed by atoms with E-state index in [1.807, 2.05) is 73.8 Å². The largest absolute Gasteiger partial charge is 0.345 e. The third-order valence-corrected chi connectivity index (χ3v) is 6.07. The van der Waals surface area contributed by atoms with Gasteiger partial charge in [-0.15, -0.1) is 0 Å². The highest BCUT2D eigenvalue weighted by Gasteiger charge is 2.16. The van der Waals surface area contributed by atoms with Gasteiger partial charge in [0, 0.05) is 39.3 Å². The molecule has 0 fully saturated rings. The summed E-state index contributed by atoms with van der Waals surface area (Å²) in [6.07, 6.45) is 3.57. The zero-order valence-corrected chi connectivity index (χ0v) is 19.4. The van der Waals surface area contributed by atoms with E-state index in [1.165, 1.54) is 0 Å². The highest BCUT2D eigenvalue weighted by atomic mass is 35.5. The molecule has 33 heavy (non-hydrogen) atoms. The lowest BCUT2D eigenvalue weighted by Crippen LogP contribution is -2.27. The number of fused-ring (bicyclic) bond motifs is 1. The predicted octanol–water partition coefficient (Wildman–Crippen LogP) is 6.78. The lowest BCUT2D eigenvalue weighted by molar-refractivity contribution is -0.117. The maximum atomic E-state index is 12.8. The zero-order valence-electron chi connectivity index (χ0n) is 17.9. The summed E-state index contributed by atoms with van der Waals surface area (Å²) in [5.41, 5.74) is 3.71. The van der Waals surface area contributed by atoms with E-state index in [9.17, 15) is 10.1 Å². The van der Waals surface area contributed by atoms with Crippen LogP contribution in [0.5, 0.6) is 0 Å². The van der Waals surface area contributed by atoms with Crippen LogP contribution >= 0.6 is 23.2 Å². The number of carbonyl (C=O) groups is 1. The van der Waals surface area contributed by atoms with E-state index in [-0.39, 0.29) is 11.6 Å². The van der Waals surface area contributed by atoms with E-state index in [0.717, 1.165) is 27.6 Å². The van der Waals surface area contributed by atoms with Crippen molar-refractivity contribution in [2.24, 2.45) is 0 Å². The minimum Gasteiger partial charge on any atom is -0.345 e. The van der Waals surface area contributed by atoms with Crippen molar-refractivity contribution >= 4 is 46.1 Å². The first kappa shape index (κ1) is 22.7. The van der Waals surface area contributed by atoms with Gasteiger partial charge in [-0.2, -0.15) is 5.26 Å². The van der Waals surface area contributed by atoms with Gasteiger partial charge in [0.15, 0.2) is 0 Å². The Hall–Kier alpha value is -3.52. The van der Waals surface area contributed by atoms with Crippen LogP contribution in [0.4, 0.5) is 0 Å². The maximum absolute atomic E-state index is 12.8. The summed E-state index contributed by atoms with van der Waals surface area (Å²) >= 11 is 12.4. The van der Waals surface area contributed by atoms with Gasteiger partial charge < -0.3 is 9.88 Å². The van der Waals surface area contributed by atoms with Gasteiger partial charge >= 0.3 is 0 Å². The summed E-state index contributed by atoms with van der Waals surface area (Å²) in [7, 11) is 0. The Kier molecular flexibility index (Phi) is 6.84. The molecule has 6 heteroatoms. The fourth-order valence-electron chi connectivity index (χ4n) is 3.76. The van der Waals surface area contributed by atoms with Crippen LogP contribution in [0.2, 0.25) is 10.0 Å². The highest BCUT2D eigenvalue weighted by Crippen LogP contribution is 2.27. The minimum atomic E-state index is -0.411. The van der Waals surface area contributed by atoms with Crippen molar-refractivity contribution in [1.82, 2.24) is 9.88 Å². The number of aromatic nitrogens is 1. The Bertz CT molecular complexity index is 1380. The van der Waals surface area contributed by atoms with Gasteiger partial charge in [0.2, 0.25) is 0 Å². The molecule has 1 heterocycles. The third kappa shape index (κ3) is 5.12. The average Bonchev–Trinajstić information content (AvgIpc) is 3.17. The average molecular weight is 474 g/mol. The molecule has 1 amide bonds. The van der Waals surface area contributed by atoms with Crippen LogP contribution in [0.3, 0.4) is 0 Å². The summed E-state index contributed by atoms with van der Waals surface area (Å²) in [6.45, 7) is 2.42. The number of amides is 1. The molecule has 0 aliphatic heterocycles. The van der Waals surface area contributed by atoms with Crippen molar-refractivity contribution < 1.29 is 4.79 Å². The molecule has 0 radical (unpaired) electrons. The Morgan fingerprint density at radius 3 is 2.55 bits per heavy atom. The molecule has 1 N–H and O–H groups in total. The van der Waals surface area contributed by atoms with Crippen molar-refractivity contribution in [3.8, 4) is 6.07 Å². The van der Waals surface area contributed by atoms with E-state index in [0.29, 0.717) is 16.6 Å². The van der Waals surface area contributed by atoms with Crippen LogP contribution in [0, 0.1) is 11.3 Å². The van der Waals surface area contributed by atoms with Gasteiger partial charge in [0.25, 0.3) is 5.91 Å². The second-order valence-electron chi connectivity index (χ2n) is 7.74. The monoisotopic (exact) mass is 473 g/mol. The van der Waals surface area contributed by atoms with E-state index in [2.05, 4.69) is 16.0 Å². The summed E-state index contributed by atoms with van der Waals surface area (Å²) in [4.78, 5) is 12.8. The number of nitrogens with zero attached hydrogens (tertiary/aromatic N) is 2. The molecular formula is C27H21Cl2N3O. The molecular weight excluding hydrogens is 453 g/mol. The van der Waals surface area contributed by atoms with Crippen molar-refractivity contribution in [3.05, 3.63) is 111 Å². The molecule has 4 aromatic rings. The van der Waals surface area contributed by atoms with E-state index < -0.39 is 5.91 Å². The lowest BCUT2D eigenvalue weighted by atomic mass is 10.1. The number of benzene rings is 3. The van der Waals surface area contributed by atoms with Gasteiger partial charge in [0.05, 0.1) is 6.04 Å². The molecule has 1 aromatic heterocycles. The number of carbonyl (C=O) groups excluding carboxylic acids is 1. The molecule has 0 saturated heterocycles. The van der Waals surface area contributed by atoms with Crippen molar-refractivity contribution in [2.75, 3.05) is 0 Å². The molecule has 4 nitrogen and oxygen atoms in total. The summed E-state index contributed by atoms with van der Waals surface area (Å²) in [5, 5.41) is 14.7. The molecule has 0 aliphatic carbocycles. The normalized spacial score (nSPS) is 12.4. The summed E-state index contributed by atoms with van der Waals surface area (Å²) in [6, 6.07) is 24.8. The lowest BCUT2D eigenvalue weighted by Gasteiger charge is -2.13. The topological polar surface area (TPSA) is 57.8 Å². The Morgan fingerprint density at radius 2 is 1.82 bits per heavy atom. The van der Waals surface area contributed by atoms with Crippen LogP contribution < -0.4 is 5.32 Å². The van der Waals surface area contributed by atoms with Crippen molar-refractivity contribution in [1.29, 1.82) is 5.26 Å². The number of nitrogens with one attached hydrogen (secondary N) is 1. The van der Waals surface area contributed by atoms with E-state index in [4.69, 9.17) is 23.2 Å². The van der Waals surface area contributed by atoms with Crippen LogP contribution in [0.1, 0.15) is 29.7 Å². The number of halogens is 2. The molecule has 3 aromatic carbocycles. The van der Waals surface area contributed by atoms with Gasteiger partial charge in [-0.05, 0) is 42.3 Å². The van der Waals surface area contributed by atoms with Crippen molar-refractivity contribution in [3.63, 3.8) is 0 Å². The van der Waals surface area contributed by atoms with Crippen LogP contribution in [-0.4, -0.2) is 10.5 Å². The Labute approximate surface area is 202 Å². The SMILES string of the molecule is C[C@H](NC(=O)/C(C#N)=C\c1cn(Cc2ccc(Cl)cc2Cl)c2ccccc12)c1ccccc1. The highest BCUT2D eigenvalue weighted by molar-refractivity contribution is 6.35. The summed E-state index contributed by atoms with van der Waals surface area (Å²) in [5.74, 6) is -0.411. The first-order valence-electron chi connectivity index (χ1n) is 10.5. The number of hydrogen-bond acceptors (Lipinski definition) is 2. The standard InChI is InChI=1S/C27H21Cl2N3O/c1-18(19-7-3-2-4-8-19)31-27(33)21(15-30)13-22-17-32(26-10-6-5-9-24(22)26)16-20-11-12-23(28)14-25(20)29/h2-14,17-18H,16H2,1H3,(H,31,33)/b21-13-/t18-/m0/s1. The molecule has 0 aliphatic rings. The summed E-state index contributed by atoms with van der Waals surface area (Å²) < 4.78 is 2.05. The number of para-hydroxylation sites is 1. The van der Waals surface area contributed by atoms with Crippen LogP contribution in [0.15, 0.2) is 84.6 Å². The minimum absolute atomic E-state index is 0.0465. The fourth-order valence-corrected chi connectivity index (χ4v) is 4.23. The predicted molar refractivity (Wildman–Crippen MR) is 134 cm³/mol. The number of hydrogen-bond donors (Lipinski definition) is 1. The second-order valence-corrected chi connectivity index (χ2v) is 8.58. The molecule has 0 spiro atoms. The van der Waals surface area contributed by atoms with E-state index in [1.54, 1.807) is 18.2 Å². The van der Waals surface area contributed by atoms with Gasteiger partial charge in [-0.25, -0.2) is 0 Å². The molecule has 4 rings (SSSR count). The zero-order chi connectivity index (χ0) is 23.4. The molecule has 0 unspecified atom stereocenters. The Balaban J connectivity index is 1.65.